The van der Waals surface area contributed by atoms with E-state index in [0.717, 1.165) is 77.7 Å². The van der Waals surface area contributed by atoms with Crippen molar-refractivity contribution in [2.45, 2.75) is 6.61 Å². The average molecular weight is 510 g/mol. The lowest BCUT2D eigenvalue weighted by atomic mass is 10.0. The Kier molecular flexibility index (Phi) is 5.46. The molecule has 0 amide bonds. The first-order valence-corrected chi connectivity index (χ1v) is 12.9. The van der Waals surface area contributed by atoms with Crippen molar-refractivity contribution < 1.29 is 5.11 Å². The minimum Gasteiger partial charge on any atom is -0.398 e. The van der Waals surface area contributed by atoms with Crippen molar-refractivity contribution in [3.05, 3.63) is 158 Å². The van der Waals surface area contributed by atoms with Gasteiger partial charge in [0.2, 0.25) is 0 Å². The van der Waals surface area contributed by atoms with Crippen LogP contribution in [-0.2, 0) is 6.61 Å². The van der Waals surface area contributed by atoms with Crippen LogP contribution in [0.2, 0.25) is 0 Å². The van der Waals surface area contributed by atoms with E-state index >= 15 is 0 Å². The summed E-state index contributed by atoms with van der Waals surface area (Å²) < 4.78 is 0. The van der Waals surface area contributed by atoms with Gasteiger partial charge in [0.15, 0.2) is 0 Å². The summed E-state index contributed by atoms with van der Waals surface area (Å²) in [4.78, 5) is 14.4. The number of benzene rings is 2. The predicted octanol–water partition coefficient (Wildman–Crippen LogP) is 2.54. The second-order valence-corrected chi connectivity index (χ2v) is 9.79. The van der Waals surface area contributed by atoms with Crippen LogP contribution in [0.25, 0.3) is 23.3 Å². The summed E-state index contributed by atoms with van der Waals surface area (Å²) in [5.74, 6) is 0. The lowest BCUT2D eigenvalue weighted by Gasteiger charge is -2.09. The van der Waals surface area contributed by atoms with Gasteiger partial charge in [-0.05, 0) is 77.9 Å². The van der Waals surface area contributed by atoms with Gasteiger partial charge >= 0.3 is 0 Å². The quantitative estimate of drug-likeness (QED) is 0.206. The molecule has 0 fully saturated rings. The number of nitrogens with one attached hydrogen (secondary N) is 4. The van der Waals surface area contributed by atoms with E-state index in [1.54, 1.807) is 0 Å². The van der Waals surface area contributed by atoms with E-state index in [2.05, 4.69) is 98.8 Å². The van der Waals surface area contributed by atoms with Gasteiger partial charge in [-0.2, -0.15) is 0 Å². The molecule has 8 bridgehead atoms. The van der Waals surface area contributed by atoms with Crippen molar-refractivity contribution >= 4 is 29.0 Å². The molecule has 6 nitrogen and oxygen atoms in total. The van der Waals surface area contributed by atoms with Crippen LogP contribution in [0.4, 0.5) is 5.69 Å². The van der Waals surface area contributed by atoms with Crippen molar-refractivity contribution in [1.29, 1.82) is 0 Å². The van der Waals surface area contributed by atoms with E-state index in [1.165, 1.54) is 0 Å². The number of aromatic amines is 4. The molecule has 0 saturated heterocycles. The number of H-pyrrole nitrogens is 4. The molecule has 0 atom stereocenters. The summed E-state index contributed by atoms with van der Waals surface area (Å²) >= 11 is 0. The highest BCUT2D eigenvalue weighted by Crippen LogP contribution is 2.25. The maximum absolute atomic E-state index is 9.53. The lowest BCUT2D eigenvalue weighted by Crippen LogP contribution is -2.16. The van der Waals surface area contributed by atoms with Crippen LogP contribution in [0.5, 0.6) is 0 Å². The van der Waals surface area contributed by atoms with E-state index < -0.39 is 0 Å². The zero-order chi connectivity index (χ0) is 26.3. The van der Waals surface area contributed by atoms with Crippen molar-refractivity contribution in [1.82, 2.24) is 19.9 Å². The number of rotatable bonds is 3. The van der Waals surface area contributed by atoms with Gasteiger partial charge in [-0.15, -0.1) is 0 Å². The number of nitrogen functional groups attached to an aromatic ring is 1. The molecule has 5 heterocycles. The highest BCUT2D eigenvalue weighted by atomic mass is 16.3. The van der Waals surface area contributed by atoms with E-state index in [1.807, 2.05) is 30.3 Å². The molecule has 7 N–H and O–H groups in total. The van der Waals surface area contributed by atoms with E-state index in [0.29, 0.717) is 0 Å². The van der Waals surface area contributed by atoms with Crippen LogP contribution < -0.4 is 27.1 Å². The largest absolute Gasteiger partial charge is 0.398 e. The van der Waals surface area contributed by atoms with Gasteiger partial charge in [0.25, 0.3) is 0 Å². The van der Waals surface area contributed by atoms with Crippen LogP contribution in [0.3, 0.4) is 0 Å². The first-order valence-electron chi connectivity index (χ1n) is 12.9. The molecule has 6 heteroatoms. The minimum absolute atomic E-state index is 0.0190. The third-order valence-electron chi connectivity index (χ3n) is 7.19. The Morgan fingerprint density at radius 2 is 1.15 bits per heavy atom. The van der Waals surface area contributed by atoms with Crippen molar-refractivity contribution in [3.63, 3.8) is 0 Å². The molecule has 1 aliphatic heterocycles. The fourth-order valence-electron chi connectivity index (χ4n) is 5.30. The Hall–Kier alpha value is -5.20. The maximum atomic E-state index is 9.53. The van der Waals surface area contributed by atoms with Gasteiger partial charge in [0.1, 0.15) is 0 Å². The first kappa shape index (κ1) is 23.0. The minimum atomic E-state index is 0.0190. The number of hydrogen-bond donors (Lipinski definition) is 6. The highest BCUT2D eigenvalue weighted by molar-refractivity contribution is 5.84. The Labute approximate surface area is 224 Å². The van der Waals surface area contributed by atoms with E-state index in [9.17, 15) is 5.11 Å². The molecule has 0 unspecified atom stereocenters. The Morgan fingerprint density at radius 3 is 1.77 bits per heavy atom. The molecule has 2 aromatic carbocycles. The number of para-hydroxylation sites is 1. The molecule has 0 spiro atoms. The summed E-state index contributed by atoms with van der Waals surface area (Å²) in [6, 6.07) is 32.7. The summed E-state index contributed by atoms with van der Waals surface area (Å²) in [5, 5.41) is 13.5. The van der Waals surface area contributed by atoms with Crippen LogP contribution in [0, 0.1) is 0 Å². The van der Waals surface area contributed by atoms with Crippen molar-refractivity contribution in [2.24, 2.45) is 0 Å². The third kappa shape index (κ3) is 4.23. The number of fused-ring (bicyclic) bond motifs is 8. The SMILES string of the molecule is Nc1ccccc1C1=c2ccc([nH]2)=Cc2ccc([nH]2)C(c2ccc(CO)cc2)=c2ccc([nH]2)=Cc2ccc1[nH]2. The van der Waals surface area contributed by atoms with Crippen molar-refractivity contribution in [3.8, 4) is 0 Å². The molecular weight excluding hydrogens is 482 g/mol. The van der Waals surface area contributed by atoms with Crippen LogP contribution >= 0.6 is 0 Å². The monoisotopic (exact) mass is 509 g/mol. The molecule has 4 aromatic heterocycles. The van der Waals surface area contributed by atoms with Crippen LogP contribution in [-0.4, -0.2) is 25.0 Å². The van der Waals surface area contributed by atoms with Gasteiger partial charge in [0.05, 0.1) is 6.61 Å². The van der Waals surface area contributed by atoms with Crippen molar-refractivity contribution in [2.75, 3.05) is 5.73 Å². The molecular formula is C33H27N5O. The van der Waals surface area contributed by atoms with Gasteiger partial charge in [-0.25, -0.2) is 0 Å². The number of hydrogen-bond acceptors (Lipinski definition) is 2. The predicted molar refractivity (Wildman–Crippen MR) is 155 cm³/mol. The third-order valence-corrected chi connectivity index (χ3v) is 7.19. The first-order chi connectivity index (χ1) is 19.1. The smallest absolute Gasteiger partial charge is 0.0681 e. The lowest BCUT2D eigenvalue weighted by molar-refractivity contribution is 0.282. The zero-order valence-corrected chi connectivity index (χ0v) is 21.1. The van der Waals surface area contributed by atoms with Crippen LogP contribution in [0.1, 0.15) is 39.5 Å². The Balaban J connectivity index is 1.51. The second-order valence-electron chi connectivity index (χ2n) is 9.79. The summed E-state index contributed by atoms with van der Waals surface area (Å²) in [6.45, 7) is 0.0190. The van der Waals surface area contributed by atoms with Gasteiger partial charge < -0.3 is 30.8 Å². The fraction of sp³-hybridized carbons (Fsp3) is 0.0303. The van der Waals surface area contributed by atoms with E-state index in [4.69, 9.17) is 5.73 Å². The Bertz CT molecular complexity index is 2070. The maximum Gasteiger partial charge on any atom is 0.0681 e. The molecule has 6 aromatic rings. The summed E-state index contributed by atoms with van der Waals surface area (Å²) in [5.41, 5.74) is 16.1. The standard InChI is InChI=1S/C33H27N5O/c34-27-4-2-1-3-26(27)33-30-15-11-24(37-30)17-22-9-13-28(35-22)32(21-7-5-20(19-39)6-8-21)29-14-10-23(36-29)18-25-12-16-31(33)38-25/h1-18,35-39H,19,34H2. The second kappa shape index (κ2) is 9.28. The molecule has 39 heavy (non-hydrogen) atoms. The number of anilines is 1. The van der Waals surface area contributed by atoms with Gasteiger partial charge in [-0.3, -0.25) is 0 Å². The summed E-state index contributed by atoms with van der Waals surface area (Å²) in [7, 11) is 0. The van der Waals surface area contributed by atoms with E-state index in [-0.39, 0.29) is 6.61 Å². The van der Waals surface area contributed by atoms with Crippen LogP contribution in [0.15, 0.2) is 97.1 Å². The molecule has 190 valence electrons. The molecule has 0 saturated carbocycles. The van der Waals surface area contributed by atoms with Gasteiger partial charge in [0, 0.05) is 66.6 Å². The zero-order valence-electron chi connectivity index (χ0n) is 21.1. The number of aromatic nitrogens is 4. The molecule has 0 aliphatic carbocycles. The molecule has 7 rings (SSSR count). The fourth-order valence-corrected chi connectivity index (χ4v) is 5.30. The topological polar surface area (TPSA) is 109 Å². The van der Waals surface area contributed by atoms with Gasteiger partial charge in [-0.1, -0.05) is 42.5 Å². The molecule has 1 aliphatic rings. The average Bonchev–Trinajstić information content (AvgIpc) is 3.76. The number of aliphatic hydroxyl groups excluding tert-OH is 1. The number of aliphatic hydroxyl groups is 1. The normalized spacial score (nSPS) is 12.7. The Morgan fingerprint density at radius 1 is 0.564 bits per heavy atom. The highest BCUT2D eigenvalue weighted by Gasteiger charge is 2.13. The molecule has 0 radical (unpaired) electrons. The summed E-state index contributed by atoms with van der Waals surface area (Å²) in [6.07, 6.45) is 4.21. The number of nitrogens with two attached hydrogens (primary N) is 1.